The molecule has 110 valence electrons. The molecule has 2 aromatic rings. The second-order valence-electron chi connectivity index (χ2n) is 4.30. The van der Waals surface area contributed by atoms with Crippen molar-refractivity contribution < 1.29 is 14.6 Å². The summed E-state index contributed by atoms with van der Waals surface area (Å²) in [5, 5.41) is 12.5. The van der Waals surface area contributed by atoms with Crippen LogP contribution >= 0.6 is 11.6 Å². The predicted molar refractivity (Wildman–Crippen MR) is 79.1 cm³/mol. The van der Waals surface area contributed by atoms with Crippen LogP contribution in [0.2, 0.25) is 5.02 Å². The molecule has 0 fully saturated rings. The Morgan fingerprint density at radius 3 is 2.86 bits per heavy atom. The minimum atomic E-state index is -1.10. The van der Waals surface area contributed by atoms with Crippen molar-refractivity contribution in [1.82, 2.24) is 9.97 Å². The van der Waals surface area contributed by atoms with Gasteiger partial charge in [0.05, 0.1) is 7.11 Å². The molecular formula is C14H14ClN3O3. The lowest BCUT2D eigenvalue weighted by Gasteiger charge is -2.11. The molecule has 0 saturated heterocycles. The summed E-state index contributed by atoms with van der Waals surface area (Å²) in [6.45, 7) is 2.03. The van der Waals surface area contributed by atoms with Gasteiger partial charge in [-0.25, -0.2) is 14.8 Å². The van der Waals surface area contributed by atoms with E-state index in [9.17, 15) is 4.79 Å². The van der Waals surface area contributed by atoms with Crippen LogP contribution in [0.4, 0.5) is 5.95 Å². The smallest absolute Gasteiger partial charge is 0.354 e. The Labute approximate surface area is 126 Å². The number of hydrogen-bond donors (Lipinski definition) is 2. The summed E-state index contributed by atoms with van der Waals surface area (Å²) < 4.78 is 5.24. The monoisotopic (exact) mass is 307 g/mol. The van der Waals surface area contributed by atoms with E-state index in [4.69, 9.17) is 21.4 Å². The highest BCUT2D eigenvalue weighted by molar-refractivity contribution is 6.31. The number of aryl methyl sites for hydroxylation is 1. The Hall–Kier alpha value is -2.34. The molecule has 0 saturated carbocycles. The minimum Gasteiger partial charge on any atom is -0.496 e. The van der Waals surface area contributed by atoms with Gasteiger partial charge >= 0.3 is 5.97 Å². The summed E-state index contributed by atoms with van der Waals surface area (Å²) >= 11 is 6.13. The number of ether oxygens (including phenoxy) is 1. The van der Waals surface area contributed by atoms with Crippen LogP contribution in [0.15, 0.2) is 24.3 Å². The number of halogens is 1. The number of rotatable bonds is 5. The summed E-state index contributed by atoms with van der Waals surface area (Å²) in [6.07, 6.45) is 0. The van der Waals surface area contributed by atoms with Gasteiger partial charge in [-0.15, -0.1) is 0 Å². The van der Waals surface area contributed by atoms with Crippen LogP contribution in [0.1, 0.15) is 21.7 Å². The van der Waals surface area contributed by atoms with Gasteiger partial charge in [0.1, 0.15) is 5.75 Å². The molecule has 0 bridgehead atoms. The maximum absolute atomic E-state index is 11.0. The van der Waals surface area contributed by atoms with E-state index in [2.05, 4.69) is 15.3 Å². The average Bonchev–Trinajstić information content (AvgIpc) is 2.45. The number of aromatic carboxylic acids is 1. The van der Waals surface area contributed by atoms with E-state index in [0.29, 0.717) is 23.0 Å². The second kappa shape index (κ2) is 6.41. The van der Waals surface area contributed by atoms with Crippen molar-refractivity contribution in [3.8, 4) is 5.75 Å². The first kappa shape index (κ1) is 15.1. The van der Waals surface area contributed by atoms with Crippen LogP contribution in [0.25, 0.3) is 0 Å². The molecule has 1 heterocycles. The van der Waals surface area contributed by atoms with Crippen LogP contribution in [0.5, 0.6) is 5.75 Å². The van der Waals surface area contributed by atoms with Crippen molar-refractivity contribution in [3.05, 3.63) is 46.2 Å². The van der Waals surface area contributed by atoms with Crippen LogP contribution in [-0.2, 0) is 6.54 Å². The Morgan fingerprint density at radius 2 is 2.19 bits per heavy atom. The third-order valence-corrected chi connectivity index (χ3v) is 3.15. The fourth-order valence-electron chi connectivity index (χ4n) is 1.83. The van der Waals surface area contributed by atoms with Gasteiger partial charge in [-0.05, 0) is 25.1 Å². The van der Waals surface area contributed by atoms with Crippen molar-refractivity contribution in [2.45, 2.75) is 13.5 Å². The highest BCUT2D eigenvalue weighted by Gasteiger charge is 2.11. The van der Waals surface area contributed by atoms with E-state index in [1.807, 2.05) is 0 Å². The number of benzene rings is 1. The Kier molecular flexibility index (Phi) is 4.59. The van der Waals surface area contributed by atoms with Gasteiger partial charge < -0.3 is 15.2 Å². The number of nitrogens with one attached hydrogen (secondary N) is 1. The standard InChI is InChI=1S/C14H14ClN3O3/c1-8-6-11(13(19)20)18-14(17-8)16-7-9-10(15)4-3-5-12(9)21-2/h3-6H,7H2,1-2H3,(H,19,20)(H,16,17,18). The molecule has 21 heavy (non-hydrogen) atoms. The Balaban J connectivity index is 2.23. The first-order valence-electron chi connectivity index (χ1n) is 6.15. The van der Waals surface area contributed by atoms with Gasteiger partial charge in [-0.2, -0.15) is 0 Å². The maximum atomic E-state index is 11.0. The summed E-state index contributed by atoms with van der Waals surface area (Å²) in [5.41, 5.74) is 1.26. The zero-order valence-corrected chi connectivity index (χ0v) is 12.3. The Morgan fingerprint density at radius 1 is 1.43 bits per heavy atom. The van der Waals surface area contributed by atoms with Gasteiger partial charge in [0, 0.05) is 22.8 Å². The van der Waals surface area contributed by atoms with Gasteiger partial charge in [0.2, 0.25) is 5.95 Å². The molecule has 0 atom stereocenters. The number of carboxylic acid groups (broad SMARTS) is 1. The lowest BCUT2D eigenvalue weighted by atomic mass is 10.2. The normalized spacial score (nSPS) is 10.2. The zero-order valence-electron chi connectivity index (χ0n) is 11.6. The summed E-state index contributed by atoms with van der Waals surface area (Å²) in [6, 6.07) is 6.74. The quantitative estimate of drug-likeness (QED) is 0.883. The molecule has 6 nitrogen and oxygen atoms in total. The molecule has 7 heteroatoms. The van der Waals surface area contributed by atoms with Crippen LogP contribution < -0.4 is 10.1 Å². The molecule has 2 rings (SSSR count). The van der Waals surface area contributed by atoms with Crippen molar-refractivity contribution >= 4 is 23.5 Å². The molecular weight excluding hydrogens is 294 g/mol. The second-order valence-corrected chi connectivity index (χ2v) is 4.70. The highest BCUT2D eigenvalue weighted by atomic mass is 35.5. The van der Waals surface area contributed by atoms with E-state index in [0.717, 1.165) is 5.56 Å². The van der Waals surface area contributed by atoms with Gasteiger partial charge in [-0.3, -0.25) is 0 Å². The average molecular weight is 308 g/mol. The molecule has 0 amide bonds. The number of anilines is 1. The van der Waals surface area contributed by atoms with E-state index in [1.54, 1.807) is 32.2 Å². The summed E-state index contributed by atoms with van der Waals surface area (Å²) in [5.74, 6) is -0.227. The number of aromatic nitrogens is 2. The van der Waals surface area contributed by atoms with Crippen LogP contribution in [0, 0.1) is 6.92 Å². The first-order chi connectivity index (χ1) is 10.0. The molecule has 0 aliphatic rings. The third kappa shape index (κ3) is 3.61. The van der Waals surface area contributed by atoms with Gasteiger partial charge in [-0.1, -0.05) is 17.7 Å². The lowest BCUT2D eigenvalue weighted by Crippen LogP contribution is -2.10. The molecule has 0 radical (unpaired) electrons. The number of carbonyl (C=O) groups is 1. The molecule has 0 aliphatic carbocycles. The van der Waals surface area contributed by atoms with Crippen LogP contribution in [0.3, 0.4) is 0 Å². The third-order valence-electron chi connectivity index (χ3n) is 2.79. The predicted octanol–water partition coefficient (Wildman–Crippen LogP) is 2.76. The van der Waals surface area contributed by atoms with Gasteiger partial charge in [0.15, 0.2) is 5.69 Å². The molecule has 0 unspecified atom stereocenters. The summed E-state index contributed by atoms with van der Waals surface area (Å²) in [7, 11) is 1.56. The van der Waals surface area contributed by atoms with Crippen molar-refractivity contribution in [2.24, 2.45) is 0 Å². The minimum absolute atomic E-state index is 0.0591. The fraction of sp³-hybridized carbons (Fsp3) is 0.214. The van der Waals surface area contributed by atoms with E-state index >= 15 is 0 Å². The SMILES string of the molecule is COc1cccc(Cl)c1CNc1nc(C)cc(C(=O)O)n1. The number of hydrogen-bond acceptors (Lipinski definition) is 5. The highest BCUT2D eigenvalue weighted by Crippen LogP contribution is 2.26. The van der Waals surface area contributed by atoms with Crippen LogP contribution in [-0.4, -0.2) is 28.2 Å². The van der Waals surface area contributed by atoms with Crippen molar-refractivity contribution in [2.75, 3.05) is 12.4 Å². The molecule has 2 N–H and O–H groups in total. The first-order valence-corrected chi connectivity index (χ1v) is 6.53. The largest absolute Gasteiger partial charge is 0.496 e. The maximum Gasteiger partial charge on any atom is 0.354 e. The fourth-order valence-corrected chi connectivity index (χ4v) is 2.06. The molecule has 0 aliphatic heterocycles. The van der Waals surface area contributed by atoms with E-state index in [1.165, 1.54) is 6.07 Å². The van der Waals surface area contributed by atoms with Crippen molar-refractivity contribution in [1.29, 1.82) is 0 Å². The topological polar surface area (TPSA) is 84.3 Å². The molecule has 0 spiro atoms. The van der Waals surface area contributed by atoms with Crippen molar-refractivity contribution in [3.63, 3.8) is 0 Å². The zero-order chi connectivity index (χ0) is 15.4. The van der Waals surface area contributed by atoms with E-state index < -0.39 is 5.97 Å². The molecule has 1 aromatic carbocycles. The molecule has 1 aromatic heterocycles. The number of carboxylic acids is 1. The lowest BCUT2D eigenvalue weighted by molar-refractivity contribution is 0.0690. The number of nitrogens with zero attached hydrogens (tertiary/aromatic N) is 2. The van der Waals surface area contributed by atoms with E-state index in [-0.39, 0.29) is 11.6 Å². The summed E-state index contributed by atoms with van der Waals surface area (Å²) in [4.78, 5) is 19.0. The number of methoxy groups -OCH3 is 1. The Bertz CT molecular complexity index is 677. The van der Waals surface area contributed by atoms with Gasteiger partial charge in [0.25, 0.3) is 0 Å².